The van der Waals surface area contributed by atoms with Crippen molar-refractivity contribution in [3.05, 3.63) is 48.0 Å². The number of rotatable bonds is 7. The van der Waals surface area contributed by atoms with Gasteiger partial charge >= 0.3 is 6.03 Å². The summed E-state index contributed by atoms with van der Waals surface area (Å²) in [5.74, 6) is 1.26. The van der Waals surface area contributed by atoms with Gasteiger partial charge in [0.25, 0.3) is 0 Å². The van der Waals surface area contributed by atoms with E-state index in [-0.39, 0.29) is 12.1 Å². The second-order valence-corrected chi connectivity index (χ2v) is 6.56. The van der Waals surface area contributed by atoms with Crippen molar-refractivity contribution in [2.45, 2.75) is 31.4 Å². The molecule has 2 N–H and O–H groups in total. The Morgan fingerprint density at radius 1 is 1.16 bits per heavy atom. The van der Waals surface area contributed by atoms with Crippen molar-refractivity contribution >= 4 is 23.5 Å². The van der Waals surface area contributed by atoms with E-state index in [1.807, 2.05) is 44.4 Å². The van der Waals surface area contributed by atoms with Crippen LogP contribution in [0.1, 0.15) is 19.4 Å². The number of hydrogen-bond acceptors (Lipinski definition) is 4. The third-order valence-corrected chi connectivity index (χ3v) is 4.15. The molecule has 0 heterocycles. The van der Waals surface area contributed by atoms with Crippen LogP contribution in [0.2, 0.25) is 0 Å². The molecule has 0 spiro atoms. The maximum Gasteiger partial charge on any atom is 0.319 e. The molecule has 0 aliphatic heterocycles. The number of thioether (sulfide) groups is 1. The first-order valence-electron chi connectivity index (χ1n) is 8.04. The van der Waals surface area contributed by atoms with Crippen molar-refractivity contribution < 1.29 is 14.3 Å². The Labute approximate surface area is 153 Å². The summed E-state index contributed by atoms with van der Waals surface area (Å²) in [4.78, 5) is 13.4. The molecule has 0 unspecified atom stereocenters. The maximum atomic E-state index is 12.2. The van der Waals surface area contributed by atoms with Gasteiger partial charge in [0, 0.05) is 17.5 Å². The van der Waals surface area contributed by atoms with E-state index in [4.69, 9.17) is 9.47 Å². The lowest BCUT2D eigenvalue weighted by atomic mass is 10.2. The van der Waals surface area contributed by atoms with Gasteiger partial charge in [0.2, 0.25) is 0 Å². The fourth-order valence-electron chi connectivity index (χ4n) is 2.18. The van der Waals surface area contributed by atoms with Crippen molar-refractivity contribution in [2.24, 2.45) is 0 Å². The summed E-state index contributed by atoms with van der Waals surface area (Å²) in [6.45, 7) is 4.32. The molecule has 0 aromatic heterocycles. The first-order valence-corrected chi connectivity index (χ1v) is 9.26. The largest absolute Gasteiger partial charge is 0.497 e. The molecule has 2 aromatic rings. The molecule has 25 heavy (non-hydrogen) atoms. The lowest BCUT2D eigenvalue weighted by Gasteiger charge is -2.16. The zero-order chi connectivity index (χ0) is 18.2. The van der Waals surface area contributed by atoms with Crippen LogP contribution in [0.25, 0.3) is 0 Å². The Bertz CT molecular complexity index is 702. The van der Waals surface area contributed by atoms with Crippen molar-refractivity contribution in [3.63, 3.8) is 0 Å². The highest BCUT2D eigenvalue weighted by Gasteiger charge is 2.11. The fourth-order valence-corrected chi connectivity index (χ4v) is 2.59. The van der Waals surface area contributed by atoms with E-state index in [0.717, 1.165) is 5.56 Å². The molecule has 5 nitrogen and oxygen atoms in total. The van der Waals surface area contributed by atoms with Crippen LogP contribution in [-0.4, -0.2) is 25.5 Å². The number of benzene rings is 2. The zero-order valence-corrected chi connectivity index (χ0v) is 15.8. The summed E-state index contributed by atoms with van der Waals surface area (Å²) in [6, 6.07) is 13.1. The summed E-state index contributed by atoms with van der Waals surface area (Å²) < 4.78 is 11.0. The lowest BCUT2D eigenvalue weighted by molar-refractivity contribution is 0.241. The smallest absolute Gasteiger partial charge is 0.319 e. The minimum atomic E-state index is -0.296. The number of urea groups is 1. The van der Waals surface area contributed by atoms with Gasteiger partial charge in [0.15, 0.2) is 0 Å². The van der Waals surface area contributed by atoms with Crippen molar-refractivity contribution in [3.8, 4) is 11.5 Å². The molecule has 2 amide bonds. The van der Waals surface area contributed by atoms with E-state index in [9.17, 15) is 4.79 Å². The molecule has 6 heteroatoms. The van der Waals surface area contributed by atoms with Gasteiger partial charge in [-0.15, -0.1) is 11.8 Å². The lowest BCUT2D eigenvalue weighted by Crippen LogP contribution is -2.28. The van der Waals surface area contributed by atoms with Crippen molar-refractivity contribution in [2.75, 3.05) is 18.7 Å². The number of methoxy groups -OCH3 is 1. The van der Waals surface area contributed by atoms with Crippen LogP contribution in [-0.2, 0) is 6.54 Å². The Morgan fingerprint density at radius 2 is 1.88 bits per heavy atom. The van der Waals surface area contributed by atoms with Gasteiger partial charge in [-0.3, -0.25) is 0 Å². The van der Waals surface area contributed by atoms with E-state index in [1.165, 1.54) is 4.90 Å². The third-order valence-electron chi connectivity index (χ3n) is 3.41. The van der Waals surface area contributed by atoms with E-state index in [2.05, 4.69) is 10.6 Å². The number of hydrogen-bond donors (Lipinski definition) is 2. The summed E-state index contributed by atoms with van der Waals surface area (Å²) in [5, 5.41) is 5.67. The van der Waals surface area contributed by atoms with Gasteiger partial charge in [-0.05, 0) is 49.9 Å². The van der Waals surface area contributed by atoms with E-state index in [1.54, 1.807) is 37.1 Å². The minimum Gasteiger partial charge on any atom is -0.497 e. The molecule has 2 rings (SSSR count). The number of nitrogens with one attached hydrogen (secondary N) is 2. The standard InChI is InChI=1S/C19H24N2O3S/c1-13(2)24-18-10-7-15(23-3)11-17(18)21-19(22)20-12-14-5-8-16(25-4)9-6-14/h5-11,13H,12H2,1-4H3,(H2,20,21,22). The van der Waals surface area contributed by atoms with Crippen molar-refractivity contribution in [1.82, 2.24) is 5.32 Å². The van der Waals surface area contributed by atoms with Crippen molar-refractivity contribution in [1.29, 1.82) is 0 Å². The predicted octanol–water partition coefficient (Wildman–Crippen LogP) is 4.53. The Balaban J connectivity index is 2.00. The molecule has 0 saturated heterocycles. The van der Waals surface area contributed by atoms with Crippen LogP contribution >= 0.6 is 11.8 Å². The SMILES string of the molecule is COc1ccc(OC(C)C)c(NC(=O)NCc2ccc(SC)cc2)c1. The molecule has 0 fully saturated rings. The Morgan fingerprint density at radius 3 is 2.48 bits per heavy atom. The third kappa shape index (κ3) is 5.90. The maximum absolute atomic E-state index is 12.2. The van der Waals surface area contributed by atoms with E-state index in [0.29, 0.717) is 23.7 Å². The molecule has 0 aliphatic carbocycles. The molecular weight excluding hydrogens is 336 g/mol. The highest BCUT2D eigenvalue weighted by molar-refractivity contribution is 7.98. The van der Waals surface area contributed by atoms with Crippen LogP contribution < -0.4 is 20.1 Å². The monoisotopic (exact) mass is 360 g/mol. The van der Waals surface area contributed by atoms with Crippen LogP contribution in [0.3, 0.4) is 0 Å². The number of amides is 2. The fraction of sp³-hybridized carbons (Fsp3) is 0.316. The molecule has 0 atom stereocenters. The number of carbonyl (C=O) groups is 1. The first kappa shape index (κ1) is 19.0. The summed E-state index contributed by atoms with van der Waals surface area (Å²) in [7, 11) is 1.58. The van der Waals surface area contributed by atoms with Crippen LogP contribution in [0.5, 0.6) is 11.5 Å². The van der Waals surface area contributed by atoms with Gasteiger partial charge in [0.05, 0.1) is 18.9 Å². The first-order chi connectivity index (χ1) is 12.0. The second-order valence-electron chi connectivity index (χ2n) is 5.68. The van der Waals surface area contributed by atoms with Crippen LogP contribution in [0.15, 0.2) is 47.4 Å². The molecule has 0 aliphatic rings. The summed E-state index contributed by atoms with van der Waals surface area (Å²) in [6.07, 6.45) is 2.04. The quantitative estimate of drug-likeness (QED) is 0.713. The zero-order valence-electron chi connectivity index (χ0n) is 15.0. The Hall–Kier alpha value is -2.34. The number of ether oxygens (including phenoxy) is 2. The second kappa shape index (κ2) is 9.22. The normalized spacial score (nSPS) is 10.4. The molecule has 0 radical (unpaired) electrons. The summed E-state index contributed by atoms with van der Waals surface area (Å²) in [5.41, 5.74) is 1.61. The highest BCUT2D eigenvalue weighted by atomic mass is 32.2. The molecule has 0 bridgehead atoms. The summed E-state index contributed by atoms with van der Waals surface area (Å²) >= 11 is 1.69. The van der Waals surface area contributed by atoms with Gasteiger partial charge < -0.3 is 20.1 Å². The highest BCUT2D eigenvalue weighted by Crippen LogP contribution is 2.30. The van der Waals surface area contributed by atoms with E-state index < -0.39 is 0 Å². The van der Waals surface area contributed by atoms with Gasteiger partial charge in [0.1, 0.15) is 11.5 Å². The number of carbonyl (C=O) groups excluding carboxylic acids is 1. The van der Waals surface area contributed by atoms with Gasteiger partial charge in [-0.1, -0.05) is 12.1 Å². The van der Waals surface area contributed by atoms with E-state index >= 15 is 0 Å². The molecule has 2 aromatic carbocycles. The average molecular weight is 360 g/mol. The molecular formula is C19H24N2O3S. The molecule has 134 valence electrons. The van der Waals surface area contributed by atoms with Gasteiger partial charge in [-0.2, -0.15) is 0 Å². The minimum absolute atomic E-state index is 0.00644. The Kier molecular flexibility index (Phi) is 7.01. The molecule has 0 saturated carbocycles. The predicted molar refractivity (Wildman–Crippen MR) is 103 cm³/mol. The van der Waals surface area contributed by atoms with Crippen LogP contribution in [0, 0.1) is 0 Å². The van der Waals surface area contributed by atoms with Crippen LogP contribution in [0.4, 0.5) is 10.5 Å². The number of anilines is 1. The topological polar surface area (TPSA) is 59.6 Å². The van der Waals surface area contributed by atoms with Gasteiger partial charge in [-0.25, -0.2) is 4.79 Å². The average Bonchev–Trinajstić information content (AvgIpc) is 2.61.